The molecule has 0 bridgehead atoms. The maximum absolute atomic E-state index is 6.11. The second-order valence-electron chi connectivity index (χ2n) is 6.40. The van der Waals surface area contributed by atoms with Crippen LogP contribution in [0.5, 0.6) is 5.75 Å². The maximum atomic E-state index is 6.11. The van der Waals surface area contributed by atoms with Gasteiger partial charge in [-0.05, 0) is 37.5 Å². The van der Waals surface area contributed by atoms with Gasteiger partial charge in [0.05, 0.1) is 25.4 Å². The van der Waals surface area contributed by atoms with E-state index >= 15 is 0 Å². The summed E-state index contributed by atoms with van der Waals surface area (Å²) in [5, 5.41) is 0. The Morgan fingerprint density at radius 2 is 1.95 bits per heavy atom. The number of rotatable bonds is 5. The highest BCUT2D eigenvalue weighted by molar-refractivity contribution is 5.27. The lowest BCUT2D eigenvalue weighted by molar-refractivity contribution is -0.0464. The van der Waals surface area contributed by atoms with Gasteiger partial charge in [0.15, 0.2) is 0 Å². The van der Waals surface area contributed by atoms with E-state index in [2.05, 4.69) is 24.0 Å². The molecule has 2 fully saturated rings. The molecule has 0 aromatic heterocycles. The molecule has 2 aliphatic rings. The van der Waals surface area contributed by atoms with Crippen LogP contribution in [0.4, 0.5) is 0 Å². The highest BCUT2D eigenvalue weighted by Crippen LogP contribution is 2.37. The minimum absolute atomic E-state index is 0.0796. The van der Waals surface area contributed by atoms with Crippen LogP contribution in [0.15, 0.2) is 24.3 Å². The predicted octanol–water partition coefficient (Wildman–Crippen LogP) is 2.86. The van der Waals surface area contributed by atoms with Gasteiger partial charge in [0.25, 0.3) is 0 Å². The first-order valence-electron chi connectivity index (χ1n) is 8.34. The lowest BCUT2D eigenvalue weighted by Gasteiger charge is -2.38. The fourth-order valence-corrected chi connectivity index (χ4v) is 3.60. The van der Waals surface area contributed by atoms with Crippen molar-refractivity contribution in [3.05, 3.63) is 29.8 Å². The minimum atomic E-state index is 0.0796. The number of piperidine rings is 1. The van der Waals surface area contributed by atoms with Gasteiger partial charge in [-0.1, -0.05) is 12.1 Å². The largest absolute Gasteiger partial charge is 0.497 e. The van der Waals surface area contributed by atoms with Gasteiger partial charge in [0, 0.05) is 32.7 Å². The average Bonchev–Trinajstić information content (AvgIpc) is 2.94. The molecule has 4 heteroatoms. The molecule has 22 heavy (non-hydrogen) atoms. The summed E-state index contributed by atoms with van der Waals surface area (Å²) in [6, 6.07) is 8.38. The summed E-state index contributed by atoms with van der Waals surface area (Å²) in [6.45, 7) is 6.83. The molecular formula is C18H27NO3. The standard InChI is InChI=1S/C18H27NO3/c1-3-21-17-12-18(22-14-17)8-10-19(11-9-18)13-15-4-6-16(20-2)7-5-15/h4-7,17H,3,8-14H2,1-2H3/t17-/m0/s1. The van der Waals surface area contributed by atoms with E-state index in [0.717, 1.165) is 57.9 Å². The van der Waals surface area contributed by atoms with Gasteiger partial charge in [0.1, 0.15) is 5.75 Å². The van der Waals surface area contributed by atoms with Crippen molar-refractivity contribution in [1.82, 2.24) is 4.90 Å². The summed E-state index contributed by atoms with van der Waals surface area (Å²) in [5.41, 5.74) is 1.42. The number of hydrogen-bond acceptors (Lipinski definition) is 4. The van der Waals surface area contributed by atoms with Crippen molar-refractivity contribution in [2.45, 2.75) is 44.4 Å². The van der Waals surface area contributed by atoms with E-state index < -0.39 is 0 Å². The molecule has 0 N–H and O–H groups in total. The zero-order valence-corrected chi connectivity index (χ0v) is 13.7. The molecule has 1 spiro atoms. The topological polar surface area (TPSA) is 30.9 Å². The minimum Gasteiger partial charge on any atom is -0.497 e. The summed E-state index contributed by atoms with van der Waals surface area (Å²) in [5.74, 6) is 0.919. The Morgan fingerprint density at radius 3 is 2.59 bits per heavy atom. The van der Waals surface area contributed by atoms with Crippen LogP contribution in [0.1, 0.15) is 31.7 Å². The summed E-state index contributed by atoms with van der Waals surface area (Å²) < 4.78 is 17.0. The van der Waals surface area contributed by atoms with E-state index in [4.69, 9.17) is 14.2 Å². The molecule has 2 aliphatic heterocycles. The Bertz CT molecular complexity index is 466. The van der Waals surface area contributed by atoms with Crippen LogP contribution in [0.3, 0.4) is 0 Å². The quantitative estimate of drug-likeness (QED) is 0.837. The lowest BCUT2D eigenvalue weighted by atomic mass is 9.88. The lowest BCUT2D eigenvalue weighted by Crippen LogP contribution is -2.43. The number of likely N-dealkylation sites (tertiary alicyclic amines) is 1. The van der Waals surface area contributed by atoms with Crippen LogP contribution in [0.2, 0.25) is 0 Å². The van der Waals surface area contributed by atoms with Crippen molar-refractivity contribution in [2.24, 2.45) is 0 Å². The third kappa shape index (κ3) is 3.62. The molecule has 0 radical (unpaired) electrons. The number of hydrogen-bond donors (Lipinski definition) is 0. The van der Waals surface area contributed by atoms with Crippen LogP contribution in [0, 0.1) is 0 Å². The molecule has 0 amide bonds. The molecule has 0 saturated carbocycles. The zero-order chi connectivity index (χ0) is 15.4. The van der Waals surface area contributed by atoms with Gasteiger partial charge in [-0.25, -0.2) is 0 Å². The van der Waals surface area contributed by atoms with E-state index in [1.807, 2.05) is 12.1 Å². The average molecular weight is 305 g/mol. The molecule has 0 aliphatic carbocycles. The second kappa shape index (κ2) is 6.99. The molecule has 3 rings (SSSR count). The highest BCUT2D eigenvalue weighted by Gasteiger charge is 2.42. The second-order valence-corrected chi connectivity index (χ2v) is 6.40. The molecule has 122 valence electrons. The molecule has 2 heterocycles. The maximum Gasteiger partial charge on any atom is 0.118 e. The Labute approximate surface area is 133 Å². The summed E-state index contributed by atoms with van der Waals surface area (Å²) in [6.07, 6.45) is 3.61. The number of benzene rings is 1. The first kappa shape index (κ1) is 15.8. The summed E-state index contributed by atoms with van der Waals surface area (Å²) >= 11 is 0. The smallest absolute Gasteiger partial charge is 0.118 e. The summed E-state index contributed by atoms with van der Waals surface area (Å²) in [7, 11) is 1.70. The van der Waals surface area contributed by atoms with E-state index in [9.17, 15) is 0 Å². The Balaban J connectivity index is 1.49. The third-order valence-electron chi connectivity index (χ3n) is 4.91. The monoisotopic (exact) mass is 305 g/mol. The van der Waals surface area contributed by atoms with Gasteiger partial charge in [-0.2, -0.15) is 0 Å². The van der Waals surface area contributed by atoms with Crippen molar-refractivity contribution in [1.29, 1.82) is 0 Å². The van der Waals surface area contributed by atoms with Crippen LogP contribution >= 0.6 is 0 Å². The fourth-order valence-electron chi connectivity index (χ4n) is 3.60. The number of ether oxygens (including phenoxy) is 3. The Hall–Kier alpha value is -1.10. The van der Waals surface area contributed by atoms with Crippen molar-refractivity contribution < 1.29 is 14.2 Å². The van der Waals surface area contributed by atoms with E-state index in [1.54, 1.807) is 7.11 Å². The molecule has 2 saturated heterocycles. The van der Waals surface area contributed by atoms with Crippen molar-refractivity contribution in [2.75, 3.05) is 33.4 Å². The Kier molecular flexibility index (Phi) is 5.01. The van der Waals surface area contributed by atoms with Gasteiger partial charge < -0.3 is 14.2 Å². The fraction of sp³-hybridized carbons (Fsp3) is 0.667. The van der Waals surface area contributed by atoms with Crippen LogP contribution in [0.25, 0.3) is 0 Å². The SMILES string of the molecule is CCO[C@@H]1COC2(CCN(Cc3ccc(OC)cc3)CC2)C1. The van der Waals surface area contributed by atoms with E-state index in [0.29, 0.717) is 6.10 Å². The molecular weight excluding hydrogens is 278 g/mol. The van der Waals surface area contributed by atoms with E-state index in [-0.39, 0.29) is 5.60 Å². The van der Waals surface area contributed by atoms with Crippen LogP contribution < -0.4 is 4.74 Å². The highest BCUT2D eigenvalue weighted by atomic mass is 16.6. The number of methoxy groups -OCH3 is 1. The van der Waals surface area contributed by atoms with Gasteiger partial charge in [0.2, 0.25) is 0 Å². The van der Waals surface area contributed by atoms with Crippen LogP contribution in [-0.2, 0) is 16.0 Å². The van der Waals surface area contributed by atoms with Gasteiger partial charge in [-0.3, -0.25) is 4.90 Å². The third-order valence-corrected chi connectivity index (χ3v) is 4.91. The van der Waals surface area contributed by atoms with Gasteiger partial charge >= 0.3 is 0 Å². The normalized spacial score (nSPS) is 24.7. The molecule has 0 unspecified atom stereocenters. The molecule has 1 aromatic rings. The first-order chi connectivity index (χ1) is 10.7. The Morgan fingerprint density at radius 1 is 1.23 bits per heavy atom. The van der Waals surface area contributed by atoms with Gasteiger partial charge in [-0.15, -0.1) is 0 Å². The van der Waals surface area contributed by atoms with Crippen molar-refractivity contribution in [3.8, 4) is 5.75 Å². The zero-order valence-electron chi connectivity index (χ0n) is 13.7. The first-order valence-corrected chi connectivity index (χ1v) is 8.34. The van der Waals surface area contributed by atoms with E-state index in [1.165, 1.54) is 5.56 Å². The predicted molar refractivity (Wildman–Crippen MR) is 86.2 cm³/mol. The summed E-state index contributed by atoms with van der Waals surface area (Å²) in [4.78, 5) is 2.52. The molecule has 4 nitrogen and oxygen atoms in total. The van der Waals surface area contributed by atoms with Crippen LogP contribution in [-0.4, -0.2) is 50.0 Å². The van der Waals surface area contributed by atoms with Crippen molar-refractivity contribution in [3.63, 3.8) is 0 Å². The van der Waals surface area contributed by atoms with Crippen molar-refractivity contribution >= 4 is 0 Å². The molecule has 1 aromatic carbocycles. The number of nitrogens with zero attached hydrogens (tertiary/aromatic N) is 1. The molecule has 1 atom stereocenters.